The molecule has 5 heterocycles. The summed E-state index contributed by atoms with van der Waals surface area (Å²) in [4.78, 5) is 16.1. The van der Waals surface area contributed by atoms with Crippen LogP contribution in [0.4, 0.5) is 17.1 Å². The summed E-state index contributed by atoms with van der Waals surface area (Å²) in [5.41, 5.74) is 22.6. The van der Waals surface area contributed by atoms with Crippen LogP contribution in [0, 0.1) is 0 Å². The average molecular weight is 1390 g/mol. The number of hydrogen-bond donors (Lipinski definition) is 0. The van der Waals surface area contributed by atoms with Crippen LogP contribution < -0.4 is 4.90 Å². The Morgan fingerprint density at radius 1 is 0.194 bits per heavy atom. The molecule has 20 aromatic rings. The van der Waals surface area contributed by atoms with Gasteiger partial charge in [0.05, 0.1) is 22.1 Å². The van der Waals surface area contributed by atoms with Gasteiger partial charge in [-0.25, -0.2) is 0 Å². The van der Waals surface area contributed by atoms with Crippen molar-refractivity contribution >= 4 is 60.7 Å². The van der Waals surface area contributed by atoms with E-state index in [0.717, 1.165) is 83.9 Å². The van der Waals surface area contributed by atoms with Crippen LogP contribution in [-0.4, -0.2) is 39.6 Å². The van der Waals surface area contributed by atoms with Crippen molar-refractivity contribution in [1.82, 2.24) is 39.6 Å². The van der Waals surface area contributed by atoms with Gasteiger partial charge in [0, 0.05) is 83.4 Å². The molecule has 0 aliphatic rings. The summed E-state index contributed by atoms with van der Waals surface area (Å²) in [7, 11) is 0. The standard InChI is InChI=1S/C38H25N3O.C32H21N3O.C26H19N3O/c1-4-11-26(12-5-1)29-19-21-35-33(24-29)34-25-30(27-13-6-2-7-14-27)20-22-36(34)41(35)32-18-10-17-31(23-32)38-39-37(40-42-38)28-15-8-3-9-16-28;1-3-10-22(11-4-1)24-18-19-30-28(21-24)27-16-7-8-17-29(27)35(30)26-15-9-14-25(20-26)32-33-31(34-36-32)23-12-5-2-6-13-23;1-4-10-20(11-5-1)25-27-26(30-28-25)21-16-18-24(19-17-21)29(22-12-6-2-7-13-22)23-14-8-3-9-15-23/h1-25H;1-21H;1-19H. The maximum Gasteiger partial charge on any atom is 0.258 e. The highest BCUT2D eigenvalue weighted by atomic mass is 16.5. The Kier molecular flexibility index (Phi) is 17.8. The van der Waals surface area contributed by atoms with Gasteiger partial charge in [-0.05, 0) is 161 Å². The van der Waals surface area contributed by atoms with E-state index >= 15 is 0 Å². The Morgan fingerprint density at radius 3 is 0.843 bits per heavy atom. The second kappa shape index (κ2) is 29.5. The summed E-state index contributed by atoms with van der Waals surface area (Å²) >= 11 is 0. The summed E-state index contributed by atoms with van der Waals surface area (Å²) in [5.74, 6) is 3.25. The first-order valence-electron chi connectivity index (χ1n) is 35.7. The Labute approximate surface area is 622 Å². The zero-order valence-electron chi connectivity index (χ0n) is 58.3. The lowest BCUT2D eigenvalue weighted by Crippen LogP contribution is -2.09. The van der Waals surface area contributed by atoms with Gasteiger partial charge >= 0.3 is 0 Å². The molecule has 0 radical (unpaired) electrons. The number of rotatable bonds is 14. The van der Waals surface area contributed by atoms with E-state index in [1.165, 1.54) is 54.9 Å². The molecule has 0 atom stereocenters. The van der Waals surface area contributed by atoms with Crippen LogP contribution in [0.25, 0.3) is 157 Å². The minimum absolute atomic E-state index is 0.495. The Hall–Kier alpha value is -14.9. The van der Waals surface area contributed by atoms with Gasteiger partial charge in [-0.3, -0.25) is 0 Å². The van der Waals surface area contributed by atoms with Gasteiger partial charge in [0.1, 0.15) is 0 Å². The maximum atomic E-state index is 5.71. The quantitative estimate of drug-likeness (QED) is 0.104. The third-order valence-electron chi connectivity index (χ3n) is 19.2. The van der Waals surface area contributed by atoms with Crippen LogP contribution in [-0.2, 0) is 0 Å². The van der Waals surface area contributed by atoms with Gasteiger partial charge in [-0.15, -0.1) is 0 Å². The number of nitrogens with zero attached hydrogens (tertiary/aromatic N) is 9. The van der Waals surface area contributed by atoms with Crippen molar-refractivity contribution in [3.05, 3.63) is 394 Å². The minimum Gasteiger partial charge on any atom is -0.334 e. The van der Waals surface area contributed by atoms with Crippen molar-refractivity contribution < 1.29 is 13.6 Å². The van der Waals surface area contributed by atoms with Gasteiger partial charge in [0.15, 0.2) is 0 Å². The Bertz CT molecular complexity index is 6330. The Balaban J connectivity index is 0.000000116. The van der Waals surface area contributed by atoms with Crippen LogP contribution in [0.5, 0.6) is 0 Å². The molecule has 0 N–H and O–H groups in total. The molecule has 12 nitrogen and oxygen atoms in total. The number of benzene rings is 15. The molecule has 0 spiro atoms. The normalized spacial score (nSPS) is 11.1. The summed E-state index contributed by atoms with van der Waals surface area (Å²) in [6.45, 7) is 0. The molecule has 20 rings (SSSR count). The molecule has 512 valence electrons. The van der Waals surface area contributed by atoms with E-state index in [2.05, 4.69) is 264 Å². The van der Waals surface area contributed by atoms with Crippen molar-refractivity contribution in [3.8, 4) is 113 Å². The van der Waals surface area contributed by atoms with E-state index < -0.39 is 0 Å². The lowest BCUT2D eigenvalue weighted by Gasteiger charge is -2.25. The van der Waals surface area contributed by atoms with E-state index in [0.29, 0.717) is 35.1 Å². The van der Waals surface area contributed by atoms with E-state index in [1.54, 1.807) is 0 Å². The number of aromatic nitrogens is 8. The molecule has 0 saturated carbocycles. The summed E-state index contributed by atoms with van der Waals surface area (Å²) < 4.78 is 21.5. The van der Waals surface area contributed by atoms with Crippen LogP contribution in [0.15, 0.2) is 408 Å². The molecule has 15 aromatic carbocycles. The highest BCUT2D eigenvalue weighted by Gasteiger charge is 2.21. The third-order valence-corrected chi connectivity index (χ3v) is 19.2. The zero-order chi connectivity index (χ0) is 72.0. The number of para-hydroxylation sites is 3. The van der Waals surface area contributed by atoms with Crippen LogP contribution in [0.2, 0.25) is 0 Å². The molecular weight excluding hydrogens is 1330 g/mol. The van der Waals surface area contributed by atoms with E-state index in [-0.39, 0.29) is 0 Å². The highest BCUT2D eigenvalue weighted by molar-refractivity contribution is 6.12. The smallest absolute Gasteiger partial charge is 0.258 e. The predicted octanol–water partition coefficient (Wildman–Crippen LogP) is 24.9. The summed E-state index contributed by atoms with van der Waals surface area (Å²) in [6.07, 6.45) is 0. The number of fused-ring (bicyclic) bond motifs is 6. The topological polar surface area (TPSA) is 130 Å². The molecule has 0 unspecified atom stereocenters. The fraction of sp³-hybridized carbons (Fsp3) is 0. The summed E-state index contributed by atoms with van der Waals surface area (Å²) in [5, 5.41) is 17.4. The van der Waals surface area contributed by atoms with Crippen LogP contribution in [0.1, 0.15) is 0 Å². The molecule has 5 aromatic heterocycles. The van der Waals surface area contributed by atoms with Crippen LogP contribution >= 0.6 is 0 Å². The number of hydrogen-bond acceptors (Lipinski definition) is 10. The number of anilines is 3. The van der Waals surface area contributed by atoms with Gasteiger partial charge < -0.3 is 27.6 Å². The van der Waals surface area contributed by atoms with E-state index in [1.807, 2.05) is 170 Å². The average Bonchev–Trinajstić information content (AvgIpc) is 1.59. The van der Waals surface area contributed by atoms with Gasteiger partial charge in [0.2, 0.25) is 17.5 Å². The molecule has 0 fully saturated rings. The molecule has 0 saturated heterocycles. The minimum atomic E-state index is 0.495. The van der Waals surface area contributed by atoms with Crippen molar-refractivity contribution in [1.29, 1.82) is 0 Å². The lowest BCUT2D eigenvalue weighted by atomic mass is 10.0. The van der Waals surface area contributed by atoms with Crippen molar-refractivity contribution in [3.63, 3.8) is 0 Å². The molecule has 108 heavy (non-hydrogen) atoms. The predicted molar refractivity (Wildman–Crippen MR) is 435 cm³/mol. The van der Waals surface area contributed by atoms with E-state index in [4.69, 9.17) is 18.6 Å². The second-order valence-electron chi connectivity index (χ2n) is 26.0. The summed E-state index contributed by atoms with van der Waals surface area (Å²) in [6, 6.07) is 135. The molecule has 0 aliphatic heterocycles. The second-order valence-corrected chi connectivity index (χ2v) is 26.0. The first-order chi connectivity index (χ1) is 53.5. The SMILES string of the molecule is c1ccc(-c2ccc3c(c2)c2cc(-c4ccccc4)ccc2n3-c2cccc(-c3nc(-c4ccccc4)no3)c2)cc1.c1ccc(-c2ccc3c(c2)c2ccccc2n3-c2cccc(-c3nc(-c4ccccc4)no3)c2)cc1.c1ccc(-c2noc(-c3ccc(N(c4ccccc4)c4ccccc4)cc3)n2)cc1. The van der Waals surface area contributed by atoms with Crippen molar-refractivity contribution in [2.45, 2.75) is 0 Å². The Morgan fingerprint density at radius 2 is 0.472 bits per heavy atom. The van der Waals surface area contributed by atoms with Crippen molar-refractivity contribution in [2.75, 3.05) is 4.90 Å². The largest absolute Gasteiger partial charge is 0.334 e. The molecular formula is C96H65N9O3. The molecule has 0 bridgehead atoms. The molecule has 0 aliphatic carbocycles. The monoisotopic (exact) mass is 1390 g/mol. The van der Waals surface area contributed by atoms with E-state index in [9.17, 15) is 0 Å². The van der Waals surface area contributed by atoms with Crippen molar-refractivity contribution in [2.24, 2.45) is 0 Å². The third kappa shape index (κ3) is 13.3. The van der Waals surface area contributed by atoms with Crippen LogP contribution in [0.3, 0.4) is 0 Å². The maximum absolute atomic E-state index is 5.71. The fourth-order valence-corrected chi connectivity index (χ4v) is 14.0. The first kappa shape index (κ1) is 65.2. The molecule has 0 amide bonds. The lowest BCUT2D eigenvalue weighted by molar-refractivity contribution is 0.432. The van der Waals surface area contributed by atoms with Gasteiger partial charge in [0.25, 0.3) is 17.7 Å². The fourth-order valence-electron chi connectivity index (χ4n) is 14.0. The zero-order valence-corrected chi connectivity index (χ0v) is 58.3. The highest BCUT2D eigenvalue weighted by Crippen LogP contribution is 2.41. The molecule has 12 heteroatoms. The van der Waals surface area contributed by atoms with Gasteiger partial charge in [-0.2, -0.15) is 15.0 Å². The first-order valence-corrected chi connectivity index (χ1v) is 35.7. The van der Waals surface area contributed by atoms with Gasteiger partial charge in [-0.1, -0.05) is 282 Å².